The summed E-state index contributed by atoms with van der Waals surface area (Å²) in [4.78, 5) is 51.6. The Morgan fingerprint density at radius 1 is 0.861 bits per heavy atom. The van der Waals surface area contributed by atoms with Crippen LogP contribution in [0.15, 0.2) is 72.9 Å². The molecule has 0 saturated heterocycles. The Bertz CT molecular complexity index is 1460. The molecule has 10 nitrogen and oxygen atoms in total. The molecule has 36 heavy (non-hydrogen) atoms. The van der Waals surface area contributed by atoms with Crippen molar-refractivity contribution in [2.24, 2.45) is 0 Å². The largest absolute Gasteiger partial charge is 0.504 e. The fourth-order valence-electron chi connectivity index (χ4n) is 4.17. The van der Waals surface area contributed by atoms with Gasteiger partial charge in [-0.2, -0.15) is 5.10 Å². The molecule has 3 N–H and O–H groups in total. The Hall–Kier alpha value is -4.99. The van der Waals surface area contributed by atoms with Crippen molar-refractivity contribution in [3.8, 4) is 11.4 Å². The predicted octanol–water partition coefficient (Wildman–Crippen LogP) is 2.57. The topological polar surface area (TPSA) is 134 Å². The highest BCUT2D eigenvalue weighted by Gasteiger charge is 2.32. The number of aromatic nitrogens is 2. The van der Waals surface area contributed by atoms with Crippen LogP contribution in [0.5, 0.6) is 5.75 Å². The Morgan fingerprint density at radius 3 is 2.19 bits per heavy atom. The van der Waals surface area contributed by atoms with Gasteiger partial charge in [0.15, 0.2) is 11.4 Å². The second-order valence-corrected chi connectivity index (χ2v) is 8.22. The first-order valence-electron chi connectivity index (χ1n) is 11.2. The van der Waals surface area contributed by atoms with E-state index in [-0.39, 0.29) is 30.8 Å². The molecule has 1 aliphatic heterocycles. The van der Waals surface area contributed by atoms with Crippen molar-refractivity contribution in [1.82, 2.24) is 25.5 Å². The van der Waals surface area contributed by atoms with E-state index in [2.05, 4.69) is 16.0 Å². The van der Waals surface area contributed by atoms with Crippen LogP contribution >= 0.6 is 0 Å². The Morgan fingerprint density at radius 2 is 1.53 bits per heavy atom. The van der Waals surface area contributed by atoms with Crippen LogP contribution in [0.25, 0.3) is 16.5 Å². The number of hydrazine groups is 1. The lowest BCUT2D eigenvalue weighted by atomic mass is 9.94. The summed E-state index contributed by atoms with van der Waals surface area (Å²) < 4.78 is 1.34. The van der Waals surface area contributed by atoms with Gasteiger partial charge in [-0.3, -0.25) is 34.9 Å². The molecule has 10 heteroatoms. The van der Waals surface area contributed by atoms with Crippen LogP contribution in [0.3, 0.4) is 0 Å². The van der Waals surface area contributed by atoms with Crippen LogP contribution in [0.1, 0.15) is 44.0 Å². The van der Waals surface area contributed by atoms with Crippen LogP contribution in [-0.2, 0) is 4.79 Å². The summed E-state index contributed by atoms with van der Waals surface area (Å²) in [6.07, 6.45) is 1.44. The van der Waals surface area contributed by atoms with E-state index in [1.54, 1.807) is 48.5 Å². The molecule has 0 saturated carbocycles. The zero-order valence-corrected chi connectivity index (χ0v) is 19.0. The lowest BCUT2D eigenvalue weighted by Gasteiger charge is -2.27. The lowest BCUT2D eigenvalue weighted by molar-refractivity contribution is -0.122. The predicted molar refractivity (Wildman–Crippen MR) is 129 cm³/mol. The molecule has 0 bridgehead atoms. The van der Waals surface area contributed by atoms with Crippen molar-refractivity contribution in [2.45, 2.75) is 12.8 Å². The van der Waals surface area contributed by atoms with E-state index in [1.165, 1.54) is 10.9 Å². The van der Waals surface area contributed by atoms with Crippen molar-refractivity contribution in [3.05, 3.63) is 89.7 Å². The van der Waals surface area contributed by atoms with Gasteiger partial charge in [0.1, 0.15) is 0 Å². The van der Waals surface area contributed by atoms with Crippen LogP contribution in [-0.4, -0.2) is 50.0 Å². The molecular formula is C26H21N5O5. The molecule has 180 valence electrons. The smallest absolute Gasteiger partial charge is 0.294 e. The summed E-state index contributed by atoms with van der Waals surface area (Å²) in [5, 5.41) is 15.6. The first kappa shape index (κ1) is 22.8. The number of rotatable bonds is 6. The number of hydrogen-bond donors (Lipinski definition) is 3. The zero-order chi connectivity index (χ0) is 25.2. The van der Waals surface area contributed by atoms with Crippen molar-refractivity contribution < 1.29 is 24.3 Å². The highest BCUT2D eigenvalue weighted by atomic mass is 16.3. The van der Waals surface area contributed by atoms with Gasteiger partial charge in [-0.25, -0.2) is 4.68 Å². The third-order valence-electron chi connectivity index (χ3n) is 5.89. The molecule has 0 fully saturated rings. The maximum Gasteiger partial charge on any atom is 0.294 e. The van der Waals surface area contributed by atoms with E-state index in [0.29, 0.717) is 22.2 Å². The first-order valence-corrected chi connectivity index (χ1v) is 11.2. The minimum atomic E-state index is -0.790. The number of imide groups is 1. The number of hydrogen-bond acceptors (Lipinski definition) is 6. The average molecular weight is 483 g/mol. The molecule has 4 aromatic rings. The van der Waals surface area contributed by atoms with Crippen LogP contribution in [0, 0.1) is 0 Å². The van der Waals surface area contributed by atoms with Crippen LogP contribution in [0.4, 0.5) is 0 Å². The second kappa shape index (κ2) is 9.34. The zero-order valence-electron chi connectivity index (χ0n) is 19.0. The Kier molecular flexibility index (Phi) is 5.91. The minimum absolute atomic E-state index is 0.0476. The van der Waals surface area contributed by atoms with Gasteiger partial charge in [-0.1, -0.05) is 42.5 Å². The number of carbonyl (C=O) groups is 4. The maximum atomic E-state index is 12.9. The SMILES string of the molecule is O=C(CCCN1C(=O)c2cccc3cccc(c23)C1=O)NNC(=O)c1nn(-c2ccccc2)cc1O. The monoisotopic (exact) mass is 483 g/mol. The first-order chi connectivity index (χ1) is 17.4. The van der Waals surface area contributed by atoms with Crippen molar-refractivity contribution in [1.29, 1.82) is 0 Å². The number of aromatic hydroxyl groups is 1. The number of nitrogens with one attached hydrogen (secondary N) is 2. The van der Waals surface area contributed by atoms with E-state index >= 15 is 0 Å². The molecule has 0 radical (unpaired) electrons. The fourth-order valence-corrected chi connectivity index (χ4v) is 4.17. The highest BCUT2D eigenvalue weighted by molar-refractivity contribution is 6.25. The molecule has 5 rings (SSSR count). The van der Waals surface area contributed by atoms with Gasteiger partial charge >= 0.3 is 0 Å². The maximum absolute atomic E-state index is 12.9. The third kappa shape index (κ3) is 4.16. The summed E-state index contributed by atoms with van der Waals surface area (Å²) in [6, 6.07) is 19.5. The molecule has 2 heterocycles. The van der Waals surface area contributed by atoms with Gasteiger partial charge in [0.05, 0.1) is 11.9 Å². The molecule has 1 aromatic heterocycles. The van der Waals surface area contributed by atoms with Crippen molar-refractivity contribution >= 4 is 34.4 Å². The van der Waals surface area contributed by atoms with E-state index < -0.39 is 23.6 Å². The number of nitrogens with zero attached hydrogens (tertiary/aromatic N) is 3. The van der Waals surface area contributed by atoms with Crippen molar-refractivity contribution in [3.63, 3.8) is 0 Å². The third-order valence-corrected chi connectivity index (χ3v) is 5.89. The van der Waals surface area contributed by atoms with E-state index in [0.717, 1.165) is 10.3 Å². The molecule has 0 spiro atoms. The summed E-state index contributed by atoms with van der Waals surface area (Å²) in [7, 11) is 0. The number of amides is 4. The second-order valence-electron chi connectivity index (χ2n) is 8.22. The van der Waals surface area contributed by atoms with E-state index in [9.17, 15) is 24.3 Å². The quantitative estimate of drug-likeness (QED) is 0.285. The highest BCUT2D eigenvalue weighted by Crippen LogP contribution is 2.30. The minimum Gasteiger partial charge on any atom is -0.504 e. The van der Waals surface area contributed by atoms with Gasteiger partial charge in [-0.15, -0.1) is 0 Å². The Balaban J connectivity index is 1.16. The van der Waals surface area contributed by atoms with E-state index in [1.807, 2.05) is 18.2 Å². The fraction of sp³-hybridized carbons (Fsp3) is 0.115. The van der Waals surface area contributed by atoms with Crippen LogP contribution in [0.2, 0.25) is 0 Å². The summed E-state index contributed by atoms with van der Waals surface area (Å²) in [5.74, 6) is -2.46. The van der Waals surface area contributed by atoms with Crippen LogP contribution < -0.4 is 10.9 Å². The number of carbonyl (C=O) groups excluding carboxylic acids is 4. The van der Waals surface area contributed by atoms with Crippen molar-refractivity contribution in [2.75, 3.05) is 6.54 Å². The molecule has 1 aliphatic rings. The molecule has 0 aliphatic carbocycles. The Labute approximate surface area is 205 Å². The van der Waals surface area contributed by atoms with Gasteiger partial charge < -0.3 is 5.11 Å². The number of para-hydroxylation sites is 1. The van der Waals surface area contributed by atoms with Gasteiger partial charge in [0, 0.05) is 29.5 Å². The molecule has 4 amide bonds. The molecule has 0 atom stereocenters. The molecule has 3 aromatic carbocycles. The normalized spacial score (nSPS) is 12.6. The van der Waals surface area contributed by atoms with Gasteiger partial charge in [-0.05, 0) is 36.1 Å². The summed E-state index contributed by atoms with van der Waals surface area (Å²) in [5.41, 5.74) is 5.78. The lowest BCUT2D eigenvalue weighted by Crippen LogP contribution is -2.43. The summed E-state index contributed by atoms with van der Waals surface area (Å²) in [6.45, 7) is 0.0476. The molecule has 0 unspecified atom stereocenters. The van der Waals surface area contributed by atoms with E-state index in [4.69, 9.17) is 0 Å². The summed E-state index contributed by atoms with van der Waals surface area (Å²) >= 11 is 0. The van der Waals surface area contributed by atoms with Gasteiger partial charge in [0.25, 0.3) is 17.7 Å². The number of benzene rings is 3. The molecular weight excluding hydrogens is 462 g/mol. The van der Waals surface area contributed by atoms with Gasteiger partial charge in [0.2, 0.25) is 5.91 Å². The standard InChI is InChI=1S/C26H21N5O5/c32-20-15-31(17-9-2-1-3-10-17)29-23(20)24(34)28-27-21(33)13-6-14-30-25(35)18-11-4-7-16-8-5-12-19(22(16)18)26(30)36/h1-5,7-12,15,32H,6,13-14H2,(H,27,33)(H,28,34). The average Bonchev–Trinajstić information content (AvgIpc) is 3.30.